The number of hydrogen-bond donors (Lipinski definition) is 2. The highest BCUT2D eigenvalue weighted by molar-refractivity contribution is 7.87. The Kier molecular flexibility index (Phi) is 6.61. The Morgan fingerprint density at radius 1 is 1.29 bits per heavy atom. The quantitative estimate of drug-likeness (QED) is 0.687. The van der Waals surface area contributed by atoms with Crippen LogP contribution < -0.4 is 4.72 Å². The van der Waals surface area contributed by atoms with Gasteiger partial charge in [0.1, 0.15) is 0 Å². The van der Waals surface area contributed by atoms with Crippen LogP contribution in [0, 0.1) is 5.92 Å². The molecule has 0 aliphatic rings. The number of nitrogens with one attached hydrogen (secondary N) is 1. The molecule has 6 heteroatoms. The second kappa shape index (κ2) is 6.68. The van der Waals surface area contributed by atoms with E-state index in [1.54, 1.807) is 20.8 Å². The molecule has 0 heterocycles. The van der Waals surface area contributed by atoms with Gasteiger partial charge < -0.3 is 5.11 Å². The third-order valence-corrected chi connectivity index (χ3v) is 5.04. The minimum absolute atomic E-state index is 0.0425. The van der Waals surface area contributed by atoms with E-state index in [1.807, 2.05) is 13.8 Å². The van der Waals surface area contributed by atoms with Crippen LogP contribution in [0.1, 0.15) is 41.0 Å². The summed E-state index contributed by atoms with van der Waals surface area (Å²) in [5.41, 5.74) is -1.02. The number of aliphatic hydroxyl groups is 1. The molecular formula is C11H26N2O3S. The van der Waals surface area contributed by atoms with E-state index >= 15 is 0 Å². The number of hydrogen-bond acceptors (Lipinski definition) is 3. The molecule has 2 unspecified atom stereocenters. The third kappa shape index (κ3) is 4.91. The van der Waals surface area contributed by atoms with Crippen LogP contribution in [-0.2, 0) is 10.2 Å². The Labute approximate surface area is 105 Å². The molecule has 0 aliphatic carbocycles. The van der Waals surface area contributed by atoms with Gasteiger partial charge in [-0.1, -0.05) is 34.1 Å². The van der Waals surface area contributed by atoms with Gasteiger partial charge >= 0.3 is 0 Å². The Bertz CT molecular complexity index is 311. The summed E-state index contributed by atoms with van der Waals surface area (Å²) in [6, 6.07) is 0. The first-order chi connectivity index (χ1) is 7.71. The van der Waals surface area contributed by atoms with E-state index in [-0.39, 0.29) is 12.5 Å². The summed E-state index contributed by atoms with van der Waals surface area (Å²) >= 11 is 0. The van der Waals surface area contributed by atoms with E-state index in [2.05, 4.69) is 4.72 Å². The highest BCUT2D eigenvalue weighted by atomic mass is 32.2. The van der Waals surface area contributed by atoms with Crippen molar-refractivity contribution in [2.24, 2.45) is 5.92 Å². The first-order valence-corrected chi connectivity index (χ1v) is 7.62. The second-order valence-corrected chi connectivity index (χ2v) is 6.33. The molecule has 0 bridgehead atoms. The van der Waals surface area contributed by atoms with Crippen LogP contribution >= 0.6 is 0 Å². The fourth-order valence-electron chi connectivity index (χ4n) is 1.51. The van der Waals surface area contributed by atoms with E-state index in [9.17, 15) is 13.5 Å². The second-order valence-electron chi connectivity index (χ2n) is 4.58. The van der Waals surface area contributed by atoms with Crippen molar-refractivity contribution < 1.29 is 13.5 Å². The predicted octanol–water partition coefficient (Wildman–Crippen LogP) is 0.960. The van der Waals surface area contributed by atoms with Crippen molar-refractivity contribution in [3.63, 3.8) is 0 Å². The van der Waals surface area contributed by atoms with Gasteiger partial charge in [0.2, 0.25) is 0 Å². The summed E-state index contributed by atoms with van der Waals surface area (Å²) in [6.07, 6.45) is 0.806. The molecule has 17 heavy (non-hydrogen) atoms. The lowest BCUT2D eigenvalue weighted by molar-refractivity contribution is 0.00989. The third-order valence-electron chi connectivity index (χ3n) is 3.33. The summed E-state index contributed by atoms with van der Waals surface area (Å²) < 4.78 is 27.5. The number of nitrogens with zero attached hydrogens (tertiary/aromatic N) is 1. The minimum atomic E-state index is -3.47. The van der Waals surface area contributed by atoms with Gasteiger partial charge in [-0.25, -0.2) is 0 Å². The average Bonchev–Trinajstić information content (AvgIpc) is 2.27. The molecule has 0 saturated carbocycles. The summed E-state index contributed by atoms with van der Waals surface area (Å²) in [4.78, 5) is 0. The van der Waals surface area contributed by atoms with Gasteiger partial charge in [0, 0.05) is 19.6 Å². The summed E-state index contributed by atoms with van der Waals surface area (Å²) in [7, 11) is -3.47. The molecule has 2 N–H and O–H groups in total. The minimum Gasteiger partial charge on any atom is -0.389 e. The SMILES string of the molecule is CCC(C)C(C)(O)CNS(=O)(=O)N(CC)CC. The predicted molar refractivity (Wildman–Crippen MR) is 69.9 cm³/mol. The van der Waals surface area contributed by atoms with Crippen LogP contribution in [0.15, 0.2) is 0 Å². The van der Waals surface area contributed by atoms with E-state index in [0.29, 0.717) is 13.1 Å². The van der Waals surface area contributed by atoms with Crippen LogP contribution in [0.4, 0.5) is 0 Å². The molecule has 0 spiro atoms. The zero-order valence-corrected chi connectivity index (χ0v) is 12.3. The van der Waals surface area contributed by atoms with Crippen molar-refractivity contribution in [1.82, 2.24) is 9.03 Å². The molecule has 0 aromatic rings. The van der Waals surface area contributed by atoms with Crippen LogP contribution in [0.3, 0.4) is 0 Å². The zero-order valence-electron chi connectivity index (χ0n) is 11.5. The largest absolute Gasteiger partial charge is 0.389 e. The number of rotatable bonds is 8. The van der Waals surface area contributed by atoms with Crippen molar-refractivity contribution in [3.8, 4) is 0 Å². The van der Waals surface area contributed by atoms with Crippen molar-refractivity contribution in [3.05, 3.63) is 0 Å². The van der Waals surface area contributed by atoms with E-state index < -0.39 is 15.8 Å². The molecule has 0 rings (SSSR count). The lowest BCUT2D eigenvalue weighted by Gasteiger charge is -2.30. The Morgan fingerprint density at radius 2 is 1.76 bits per heavy atom. The van der Waals surface area contributed by atoms with Gasteiger partial charge in [-0.3, -0.25) is 0 Å². The fourth-order valence-corrected chi connectivity index (χ4v) is 2.84. The van der Waals surface area contributed by atoms with E-state index in [1.165, 1.54) is 4.31 Å². The Hall–Kier alpha value is -0.170. The van der Waals surface area contributed by atoms with E-state index in [0.717, 1.165) is 6.42 Å². The van der Waals surface area contributed by atoms with Crippen molar-refractivity contribution >= 4 is 10.2 Å². The van der Waals surface area contributed by atoms with Crippen molar-refractivity contribution in [1.29, 1.82) is 0 Å². The van der Waals surface area contributed by atoms with Crippen LogP contribution in [-0.4, -0.2) is 43.1 Å². The van der Waals surface area contributed by atoms with Crippen molar-refractivity contribution in [2.75, 3.05) is 19.6 Å². The normalized spacial score (nSPS) is 18.1. The van der Waals surface area contributed by atoms with Gasteiger partial charge in [-0.2, -0.15) is 17.4 Å². The van der Waals surface area contributed by atoms with Gasteiger partial charge in [0.05, 0.1) is 5.60 Å². The highest BCUT2D eigenvalue weighted by Gasteiger charge is 2.29. The molecule has 104 valence electrons. The topological polar surface area (TPSA) is 69.6 Å². The Morgan fingerprint density at radius 3 is 2.12 bits per heavy atom. The van der Waals surface area contributed by atoms with Crippen LogP contribution in [0.2, 0.25) is 0 Å². The zero-order chi connectivity index (χ0) is 13.7. The first kappa shape index (κ1) is 16.8. The molecule has 0 amide bonds. The van der Waals surface area contributed by atoms with Gasteiger partial charge in [-0.05, 0) is 12.8 Å². The van der Waals surface area contributed by atoms with Crippen LogP contribution in [0.5, 0.6) is 0 Å². The lowest BCUT2D eigenvalue weighted by atomic mass is 9.89. The van der Waals surface area contributed by atoms with Crippen molar-refractivity contribution in [2.45, 2.75) is 46.6 Å². The highest BCUT2D eigenvalue weighted by Crippen LogP contribution is 2.19. The van der Waals surface area contributed by atoms with E-state index in [4.69, 9.17) is 0 Å². The fraction of sp³-hybridized carbons (Fsp3) is 1.00. The molecule has 5 nitrogen and oxygen atoms in total. The van der Waals surface area contributed by atoms with Crippen LogP contribution in [0.25, 0.3) is 0 Å². The summed E-state index contributed by atoms with van der Waals surface area (Å²) in [5.74, 6) is 0.0434. The lowest BCUT2D eigenvalue weighted by Crippen LogP contribution is -2.49. The Balaban J connectivity index is 4.56. The maximum Gasteiger partial charge on any atom is 0.279 e. The monoisotopic (exact) mass is 266 g/mol. The molecule has 0 radical (unpaired) electrons. The molecule has 0 aromatic heterocycles. The standard InChI is InChI=1S/C11H26N2O3S/c1-6-10(4)11(5,14)9-12-17(15,16)13(7-2)8-3/h10,12,14H,6-9H2,1-5H3. The van der Waals surface area contributed by atoms with Gasteiger partial charge in [-0.15, -0.1) is 0 Å². The maximum absolute atomic E-state index is 11.9. The average molecular weight is 266 g/mol. The van der Waals surface area contributed by atoms with Gasteiger partial charge in [0.25, 0.3) is 10.2 Å². The first-order valence-electron chi connectivity index (χ1n) is 6.18. The molecule has 0 fully saturated rings. The molecule has 0 aliphatic heterocycles. The molecule has 2 atom stereocenters. The molecule has 0 saturated heterocycles. The molecule has 0 aromatic carbocycles. The van der Waals surface area contributed by atoms with Gasteiger partial charge in [0.15, 0.2) is 0 Å². The smallest absolute Gasteiger partial charge is 0.279 e. The maximum atomic E-state index is 11.9. The molecular weight excluding hydrogens is 240 g/mol. The summed E-state index contributed by atoms with van der Waals surface area (Å²) in [5, 5.41) is 10.1. The summed E-state index contributed by atoms with van der Waals surface area (Å²) in [6.45, 7) is 10.0.